The third-order valence-corrected chi connectivity index (χ3v) is 10.4. The molecule has 0 spiro atoms. The van der Waals surface area contributed by atoms with Gasteiger partial charge in [0.25, 0.3) is 11.8 Å². The molecule has 1 aromatic heterocycles. The Hall–Kier alpha value is -7.54. The summed E-state index contributed by atoms with van der Waals surface area (Å²) < 4.78 is 2.14. The number of nitriles is 1. The molecule has 54 heavy (non-hydrogen) atoms. The lowest BCUT2D eigenvalue weighted by molar-refractivity contribution is 0.0926. The summed E-state index contributed by atoms with van der Waals surface area (Å²) in [4.78, 5) is 34.4. The van der Waals surface area contributed by atoms with E-state index in [1.54, 1.807) is 6.07 Å². The zero-order valence-electron chi connectivity index (χ0n) is 29.5. The second-order valence-electron chi connectivity index (χ2n) is 13.5. The first-order chi connectivity index (χ1) is 26.4. The summed E-state index contributed by atoms with van der Waals surface area (Å²) in [6, 6.07) is 48.8. The molecule has 7 aromatic carbocycles. The fourth-order valence-corrected chi connectivity index (χ4v) is 8.05. The van der Waals surface area contributed by atoms with Crippen LogP contribution < -0.4 is 4.90 Å². The highest BCUT2D eigenvalue weighted by Crippen LogP contribution is 2.45. The van der Waals surface area contributed by atoms with Crippen LogP contribution in [0.1, 0.15) is 37.4 Å². The Morgan fingerprint density at radius 3 is 1.78 bits per heavy atom. The van der Waals surface area contributed by atoms with Crippen molar-refractivity contribution in [2.45, 2.75) is 13.8 Å². The number of hydrogen-bond acceptors (Lipinski definition) is 3. The number of hydrogen-bond donors (Lipinski definition) is 0. The third-order valence-electron chi connectivity index (χ3n) is 10.4. The molecule has 0 N–H and O–H groups in total. The van der Waals surface area contributed by atoms with Gasteiger partial charge in [-0.2, -0.15) is 5.26 Å². The van der Waals surface area contributed by atoms with Crippen molar-refractivity contribution < 1.29 is 9.59 Å². The topological polar surface area (TPSA) is 70.5 Å². The van der Waals surface area contributed by atoms with Crippen LogP contribution in [-0.4, -0.2) is 16.4 Å². The van der Waals surface area contributed by atoms with E-state index in [1.165, 1.54) is 4.90 Å². The molecule has 1 aliphatic rings. The first-order valence-electron chi connectivity index (χ1n) is 17.6. The number of anilines is 1. The fourth-order valence-electron chi connectivity index (χ4n) is 8.05. The van der Waals surface area contributed by atoms with E-state index in [0.717, 1.165) is 66.3 Å². The minimum absolute atomic E-state index is 0.324. The van der Waals surface area contributed by atoms with Gasteiger partial charge in [-0.1, -0.05) is 121 Å². The van der Waals surface area contributed by atoms with Crippen LogP contribution in [0.25, 0.3) is 65.7 Å². The molecule has 9 rings (SSSR count). The first-order valence-corrected chi connectivity index (χ1v) is 17.6. The number of nitrogens with zero attached hydrogens (tertiary/aromatic N) is 4. The maximum atomic E-state index is 15.0. The van der Waals surface area contributed by atoms with Crippen molar-refractivity contribution in [1.29, 1.82) is 5.26 Å². The van der Waals surface area contributed by atoms with Gasteiger partial charge in [0.1, 0.15) is 0 Å². The van der Waals surface area contributed by atoms with E-state index < -0.39 is 5.91 Å². The average Bonchev–Trinajstić information content (AvgIpc) is 3.69. The number of imide groups is 1. The summed E-state index contributed by atoms with van der Waals surface area (Å²) >= 11 is 0. The number of rotatable bonds is 5. The van der Waals surface area contributed by atoms with Crippen LogP contribution in [0.4, 0.5) is 11.4 Å². The van der Waals surface area contributed by atoms with Gasteiger partial charge in [0.2, 0.25) is 0 Å². The second kappa shape index (κ2) is 12.6. The molecule has 8 aromatic rings. The lowest BCUT2D eigenvalue weighted by Crippen LogP contribution is -2.30. The van der Waals surface area contributed by atoms with E-state index in [4.69, 9.17) is 6.57 Å². The van der Waals surface area contributed by atoms with Gasteiger partial charge in [0.15, 0.2) is 5.69 Å². The second-order valence-corrected chi connectivity index (χ2v) is 13.5. The first kappa shape index (κ1) is 32.4. The molecule has 0 atom stereocenters. The summed E-state index contributed by atoms with van der Waals surface area (Å²) in [6.45, 7) is 11.6. The Balaban J connectivity index is 1.37. The van der Waals surface area contributed by atoms with Crippen molar-refractivity contribution >= 4 is 45.0 Å². The zero-order chi connectivity index (χ0) is 37.1. The van der Waals surface area contributed by atoms with Crippen LogP contribution in [0.5, 0.6) is 0 Å². The highest BCUT2D eigenvalue weighted by Gasteiger charge is 2.40. The van der Waals surface area contributed by atoms with Gasteiger partial charge in [0, 0.05) is 27.5 Å². The number of aryl methyl sites for hydroxylation is 2. The molecule has 2 heterocycles. The standard InChI is InChI=1S/C48H30N4O2/c1-29-26-31(28-49)22-24-34(29)37-15-9-17-39-40-18-10-16-38(35-25-23-33(50-3)27-30(35)2)46(40)51(45(37)39)43-21-11-19-41-44(43)48(54)52(47(41)53)42-20-8-7-14-36(42)32-12-5-4-6-13-32/h4-27H,1-2H3. The van der Waals surface area contributed by atoms with Gasteiger partial charge in [-0.3, -0.25) is 9.59 Å². The minimum atomic E-state index is -0.397. The predicted octanol–water partition coefficient (Wildman–Crippen LogP) is 11.6. The van der Waals surface area contributed by atoms with E-state index in [2.05, 4.69) is 39.7 Å². The number of fused-ring (bicyclic) bond motifs is 4. The van der Waals surface area contributed by atoms with Crippen molar-refractivity contribution in [3.63, 3.8) is 0 Å². The summed E-state index contributed by atoms with van der Waals surface area (Å²) in [6.07, 6.45) is 0. The molecule has 0 aliphatic carbocycles. The Bertz CT molecular complexity index is 2860. The molecule has 0 fully saturated rings. The average molecular weight is 695 g/mol. The van der Waals surface area contributed by atoms with Gasteiger partial charge >= 0.3 is 0 Å². The zero-order valence-corrected chi connectivity index (χ0v) is 29.5. The van der Waals surface area contributed by atoms with Crippen LogP contribution in [0.15, 0.2) is 146 Å². The predicted molar refractivity (Wildman–Crippen MR) is 215 cm³/mol. The highest BCUT2D eigenvalue weighted by atomic mass is 16.2. The molecule has 2 amide bonds. The number of carbonyl (C=O) groups excluding carboxylic acids is 2. The molecular weight excluding hydrogens is 665 g/mol. The van der Waals surface area contributed by atoms with E-state index >= 15 is 0 Å². The van der Waals surface area contributed by atoms with Crippen LogP contribution >= 0.6 is 0 Å². The van der Waals surface area contributed by atoms with Crippen molar-refractivity contribution in [2.75, 3.05) is 4.90 Å². The van der Waals surface area contributed by atoms with Gasteiger partial charge in [-0.15, -0.1) is 0 Å². The van der Waals surface area contributed by atoms with E-state index in [-0.39, 0.29) is 5.91 Å². The van der Waals surface area contributed by atoms with Gasteiger partial charge in [-0.25, -0.2) is 9.74 Å². The summed E-state index contributed by atoms with van der Waals surface area (Å²) in [5.74, 6) is -0.777. The Labute approximate surface area is 312 Å². The summed E-state index contributed by atoms with van der Waals surface area (Å²) in [5, 5.41) is 11.6. The van der Waals surface area contributed by atoms with Crippen LogP contribution in [0.2, 0.25) is 0 Å². The molecule has 1 aliphatic heterocycles. The molecule has 0 radical (unpaired) electrons. The van der Waals surface area contributed by atoms with Gasteiger partial charge < -0.3 is 4.57 Å². The van der Waals surface area contributed by atoms with Crippen molar-refractivity contribution in [3.8, 4) is 45.1 Å². The lowest BCUT2D eigenvalue weighted by atomic mass is 9.96. The van der Waals surface area contributed by atoms with Crippen LogP contribution in [0.3, 0.4) is 0 Å². The number of aromatic nitrogens is 1. The van der Waals surface area contributed by atoms with E-state index in [9.17, 15) is 14.9 Å². The smallest absolute Gasteiger partial charge is 0.268 e. The largest absolute Gasteiger partial charge is 0.307 e. The van der Waals surface area contributed by atoms with Crippen molar-refractivity contribution in [3.05, 3.63) is 185 Å². The molecular formula is C48H30N4O2. The van der Waals surface area contributed by atoms with E-state index in [1.807, 2.05) is 129 Å². The maximum Gasteiger partial charge on any atom is 0.268 e. The lowest BCUT2D eigenvalue weighted by Gasteiger charge is -2.19. The molecule has 0 saturated heterocycles. The van der Waals surface area contributed by atoms with Gasteiger partial charge in [0.05, 0.1) is 51.7 Å². The van der Waals surface area contributed by atoms with E-state index in [0.29, 0.717) is 33.8 Å². The number of amides is 2. The molecule has 0 bridgehead atoms. The SMILES string of the molecule is [C-]#[N+]c1ccc(-c2cccc3c4cccc(-c5ccc(C#N)cc5C)c4n(-c4cccc5c4C(=O)N(c4ccccc4-c4ccccc4)C5=O)c23)c(C)c1. The third kappa shape index (κ3) is 4.86. The Morgan fingerprint density at radius 2 is 1.13 bits per heavy atom. The molecule has 0 unspecified atom stereocenters. The molecule has 254 valence electrons. The van der Waals surface area contributed by atoms with Gasteiger partial charge in [-0.05, 0) is 66.4 Å². The number of benzene rings is 7. The van der Waals surface area contributed by atoms with Crippen molar-refractivity contribution in [2.24, 2.45) is 0 Å². The highest BCUT2D eigenvalue weighted by molar-refractivity contribution is 6.36. The van der Waals surface area contributed by atoms with Crippen LogP contribution in [0, 0.1) is 31.8 Å². The Kier molecular flexibility index (Phi) is 7.55. The minimum Gasteiger partial charge on any atom is -0.307 e. The molecule has 0 saturated carbocycles. The maximum absolute atomic E-state index is 15.0. The monoisotopic (exact) mass is 694 g/mol. The Morgan fingerprint density at radius 1 is 0.556 bits per heavy atom. The normalized spacial score (nSPS) is 12.3. The molecule has 6 nitrogen and oxygen atoms in total. The quantitative estimate of drug-likeness (QED) is 0.133. The summed E-state index contributed by atoms with van der Waals surface area (Å²) in [5.41, 5.74) is 12.0. The molecule has 6 heteroatoms. The summed E-state index contributed by atoms with van der Waals surface area (Å²) in [7, 11) is 0. The fraction of sp³-hybridized carbons (Fsp3) is 0.0417. The van der Waals surface area contributed by atoms with Crippen molar-refractivity contribution in [1.82, 2.24) is 4.57 Å². The number of carbonyl (C=O) groups is 2. The van der Waals surface area contributed by atoms with Crippen LogP contribution in [-0.2, 0) is 0 Å². The number of para-hydroxylation sites is 3.